The number of hydrogen-bond acceptors (Lipinski definition) is 2. The average Bonchev–Trinajstić information content (AvgIpc) is 2.55. The van der Waals surface area contributed by atoms with E-state index in [-0.39, 0.29) is 17.6 Å². The molecule has 1 aliphatic rings. The van der Waals surface area contributed by atoms with E-state index in [0.29, 0.717) is 6.61 Å². The molecule has 2 unspecified atom stereocenters. The number of carbonyl (C=O) groups excluding carboxylic acids is 1. The molecule has 1 aromatic carbocycles. The molecular weight excluding hydrogens is 286 g/mol. The summed E-state index contributed by atoms with van der Waals surface area (Å²) in [6, 6.07) is 9.61. The molecule has 1 heterocycles. The van der Waals surface area contributed by atoms with Gasteiger partial charge in [0.1, 0.15) is 5.38 Å². The number of alkyl halides is 1. The van der Waals surface area contributed by atoms with Crippen molar-refractivity contribution in [1.82, 2.24) is 5.32 Å². The second-order valence-corrected chi connectivity index (χ2v) is 6.15. The normalized spacial score (nSPS) is 22.5. The number of amides is 1. The Bertz CT molecular complexity index is 459. The number of nitrogens with one attached hydrogen (secondary N) is 1. The van der Waals surface area contributed by atoms with Crippen LogP contribution in [0.3, 0.4) is 0 Å². The van der Waals surface area contributed by atoms with E-state index in [1.165, 1.54) is 0 Å². The predicted octanol–water partition coefficient (Wildman–Crippen LogP) is 3.82. The van der Waals surface area contributed by atoms with E-state index in [4.69, 9.17) is 16.3 Å². The average molecular weight is 310 g/mol. The summed E-state index contributed by atoms with van der Waals surface area (Å²) >= 11 is 6.27. The fourth-order valence-corrected chi connectivity index (χ4v) is 3.15. The zero-order valence-electron chi connectivity index (χ0n) is 12.8. The summed E-state index contributed by atoms with van der Waals surface area (Å²) < 4.78 is 5.94. The summed E-state index contributed by atoms with van der Waals surface area (Å²) in [5.41, 5.74) is 0.742. The van der Waals surface area contributed by atoms with Crippen molar-refractivity contribution >= 4 is 17.5 Å². The molecule has 1 amide bonds. The summed E-state index contributed by atoms with van der Waals surface area (Å²) in [5, 5.41) is 2.46. The summed E-state index contributed by atoms with van der Waals surface area (Å²) in [6.07, 6.45) is 3.66. The molecule has 3 nitrogen and oxygen atoms in total. The zero-order valence-corrected chi connectivity index (χ0v) is 13.5. The number of benzene rings is 1. The molecule has 116 valence electrons. The number of rotatable bonds is 5. The third-order valence-corrected chi connectivity index (χ3v) is 4.90. The molecule has 21 heavy (non-hydrogen) atoms. The summed E-state index contributed by atoms with van der Waals surface area (Å²) in [4.78, 5) is 12.3. The van der Waals surface area contributed by atoms with Crippen LogP contribution in [0.25, 0.3) is 0 Å². The van der Waals surface area contributed by atoms with E-state index >= 15 is 0 Å². The summed E-state index contributed by atoms with van der Waals surface area (Å²) in [6.45, 7) is 4.98. The fourth-order valence-electron chi connectivity index (χ4n) is 2.94. The quantitative estimate of drug-likeness (QED) is 0.840. The highest BCUT2D eigenvalue weighted by Gasteiger charge is 2.35. The van der Waals surface area contributed by atoms with Crippen molar-refractivity contribution in [3.63, 3.8) is 0 Å². The first-order valence-electron chi connectivity index (χ1n) is 7.73. The van der Waals surface area contributed by atoms with E-state index in [0.717, 1.165) is 31.2 Å². The first kappa shape index (κ1) is 16.3. The maximum absolute atomic E-state index is 12.3. The van der Waals surface area contributed by atoms with Crippen LogP contribution in [0.2, 0.25) is 0 Å². The van der Waals surface area contributed by atoms with Gasteiger partial charge in [-0.05, 0) is 31.2 Å². The van der Waals surface area contributed by atoms with E-state index < -0.39 is 5.38 Å². The Morgan fingerprint density at radius 3 is 2.67 bits per heavy atom. The lowest BCUT2D eigenvalue weighted by Crippen LogP contribution is -2.48. The second-order valence-electron chi connectivity index (χ2n) is 5.71. The highest BCUT2D eigenvalue weighted by atomic mass is 35.5. The lowest BCUT2D eigenvalue weighted by atomic mass is 9.86. The van der Waals surface area contributed by atoms with Gasteiger partial charge in [-0.3, -0.25) is 4.79 Å². The molecule has 0 bridgehead atoms. The number of ether oxygens (including phenoxy) is 1. The minimum Gasteiger partial charge on any atom is -0.375 e. The monoisotopic (exact) mass is 309 g/mol. The number of halogens is 1. The van der Waals surface area contributed by atoms with E-state index in [9.17, 15) is 4.79 Å². The maximum Gasteiger partial charge on any atom is 0.242 e. The first-order chi connectivity index (χ1) is 10.1. The second kappa shape index (κ2) is 7.28. The van der Waals surface area contributed by atoms with Gasteiger partial charge in [-0.15, -0.1) is 11.6 Å². The molecule has 0 radical (unpaired) electrons. The third kappa shape index (κ3) is 3.98. The van der Waals surface area contributed by atoms with Crippen LogP contribution >= 0.6 is 11.6 Å². The highest BCUT2D eigenvalue weighted by Crippen LogP contribution is 2.32. The van der Waals surface area contributed by atoms with Gasteiger partial charge in [-0.1, -0.05) is 44.2 Å². The zero-order chi connectivity index (χ0) is 15.3. The van der Waals surface area contributed by atoms with Gasteiger partial charge >= 0.3 is 0 Å². The van der Waals surface area contributed by atoms with E-state index in [1.807, 2.05) is 30.3 Å². The van der Waals surface area contributed by atoms with E-state index in [2.05, 4.69) is 19.2 Å². The van der Waals surface area contributed by atoms with Gasteiger partial charge in [0.25, 0.3) is 0 Å². The molecule has 0 aliphatic carbocycles. The minimum atomic E-state index is -0.633. The largest absolute Gasteiger partial charge is 0.375 e. The Kier molecular flexibility index (Phi) is 5.65. The van der Waals surface area contributed by atoms with Crippen LogP contribution in [0.1, 0.15) is 50.5 Å². The summed E-state index contributed by atoms with van der Waals surface area (Å²) in [7, 11) is 0. The molecule has 1 saturated heterocycles. The van der Waals surface area contributed by atoms with Crippen molar-refractivity contribution in [2.75, 3.05) is 6.61 Å². The van der Waals surface area contributed by atoms with Gasteiger partial charge < -0.3 is 10.1 Å². The number of carbonyl (C=O) groups is 1. The molecule has 1 aromatic rings. The van der Waals surface area contributed by atoms with E-state index in [1.54, 1.807) is 0 Å². The Labute approximate surface area is 132 Å². The smallest absolute Gasteiger partial charge is 0.242 e. The lowest BCUT2D eigenvalue weighted by Gasteiger charge is -2.40. The van der Waals surface area contributed by atoms with Crippen LogP contribution in [0.15, 0.2) is 30.3 Å². The van der Waals surface area contributed by atoms with Gasteiger partial charge in [0.15, 0.2) is 0 Å². The van der Waals surface area contributed by atoms with Crippen molar-refractivity contribution in [3.8, 4) is 0 Å². The Morgan fingerprint density at radius 2 is 2.05 bits per heavy atom. The van der Waals surface area contributed by atoms with Gasteiger partial charge in [0, 0.05) is 12.6 Å². The van der Waals surface area contributed by atoms with Crippen molar-refractivity contribution < 1.29 is 9.53 Å². The molecule has 1 N–H and O–H groups in total. The summed E-state index contributed by atoms with van der Waals surface area (Å²) in [5.74, 6) is -0.115. The predicted molar refractivity (Wildman–Crippen MR) is 85.5 cm³/mol. The molecule has 0 aromatic heterocycles. The van der Waals surface area contributed by atoms with Crippen LogP contribution in [0.5, 0.6) is 0 Å². The van der Waals surface area contributed by atoms with Gasteiger partial charge in [0.2, 0.25) is 5.91 Å². The molecule has 1 fully saturated rings. The van der Waals surface area contributed by atoms with Crippen molar-refractivity contribution in [2.45, 2.75) is 56.6 Å². The van der Waals surface area contributed by atoms with Gasteiger partial charge in [-0.2, -0.15) is 0 Å². The van der Waals surface area contributed by atoms with Crippen molar-refractivity contribution in [2.24, 2.45) is 0 Å². The number of hydrogen-bond donors (Lipinski definition) is 1. The lowest BCUT2D eigenvalue weighted by molar-refractivity contribution is -0.125. The molecule has 2 atom stereocenters. The molecule has 2 rings (SSSR count). The minimum absolute atomic E-state index is 0.0925. The molecule has 0 spiro atoms. The van der Waals surface area contributed by atoms with Crippen LogP contribution in [-0.2, 0) is 9.53 Å². The molecular formula is C17H24ClNO2. The van der Waals surface area contributed by atoms with Crippen LogP contribution in [0, 0.1) is 0 Å². The topological polar surface area (TPSA) is 38.3 Å². The molecule has 1 aliphatic heterocycles. The van der Waals surface area contributed by atoms with Crippen molar-refractivity contribution in [1.29, 1.82) is 0 Å². The Balaban J connectivity index is 1.96. The first-order valence-corrected chi connectivity index (χ1v) is 8.17. The van der Waals surface area contributed by atoms with Gasteiger partial charge in [-0.25, -0.2) is 0 Å². The molecule has 4 heteroatoms. The third-order valence-electron chi connectivity index (χ3n) is 4.45. The SMILES string of the molecule is CCC1(CC)CC(NC(=O)C(Cl)c2ccccc2)CCO1. The Morgan fingerprint density at radius 1 is 1.38 bits per heavy atom. The van der Waals surface area contributed by atoms with Crippen LogP contribution in [-0.4, -0.2) is 24.2 Å². The van der Waals surface area contributed by atoms with Gasteiger partial charge in [0.05, 0.1) is 5.60 Å². The molecule has 0 saturated carbocycles. The van der Waals surface area contributed by atoms with Crippen LogP contribution < -0.4 is 5.32 Å². The fraction of sp³-hybridized carbons (Fsp3) is 0.588. The Hall–Kier alpha value is -1.06. The standard InChI is InChI=1S/C17H24ClNO2/c1-3-17(4-2)12-14(10-11-21-17)19-16(20)15(18)13-8-6-5-7-9-13/h5-9,14-15H,3-4,10-12H2,1-2H3,(H,19,20). The van der Waals surface area contributed by atoms with Crippen LogP contribution in [0.4, 0.5) is 0 Å². The van der Waals surface area contributed by atoms with Crippen molar-refractivity contribution in [3.05, 3.63) is 35.9 Å². The maximum atomic E-state index is 12.3. The highest BCUT2D eigenvalue weighted by molar-refractivity contribution is 6.30.